The molecule has 0 saturated carbocycles. The molecule has 0 spiro atoms. The molecule has 2 N–H and O–H groups in total. The molecule has 0 aliphatic rings. The van der Waals surface area contributed by atoms with Crippen molar-refractivity contribution in [3.63, 3.8) is 0 Å². The molecule has 0 aliphatic heterocycles. The zero-order chi connectivity index (χ0) is 18.9. The van der Waals surface area contributed by atoms with E-state index in [9.17, 15) is 4.79 Å². The van der Waals surface area contributed by atoms with E-state index in [0.717, 1.165) is 18.4 Å². The summed E-state index contributed by atoms with van der Waals surface area (Å²) in [5, 5.41) is 9.40. The number of rotatable bonds is 10. The standard InChI is InChI=1S/C18H24ClN3O4/c1-4-8-25-14-10-12(6-7-13(14)24-3)11-20-16-15(19)17(23)21-22-18(16)26-9-5-2/h6-7,10H,4-5,8-9,11H2,1-3H3,(H2,20,21,23). The minimum Gasteiger partial charge on any atom is -0.493 e. The van der Waals surface area contributed by atoms with Gasteiger partial charge in [0.05, 0.1) is 20.3 Å². The Morgan fingerprint density at radius 3 is 2.58 bits per heavy atom. The Labute approximate surface area is 157 Å². The molecule has 0 unspecified atom stereocenters. The first-order valence-corrected chi connectivity index (χ1v) is 8.93. The van der Waals surface area contributed by atoms with Crippen molar-refractivity contribution in [3.05, 3.63) is 39.1 Å². The first-order chi connectivity index (χ1) is 12.6. The summed E-state index contributed by atoms with van der Waals surface area (Å²) >= 11 is 6.12. The molecule has 0 fully saturated rings. The lowest BCUT2D eigenvalue weighted by Crippen LogP contribution is -2.15. The number of methoxy groups -OCH3 is 1. The fourth-order valence-corrected chi connectivity index (χ4v) is 2.41. The summed E-state index contributed by atoms with van der Waals surface area (Å²) in [6.45, 7) is 5.51. The maximum absolute atomic E-state index is 11.8. The van der Waals surface area contributed by atoms with Gasteiger partial charge in [0.2, 0.25) is 0 Å². The number of aromatic nitrogens is 2. The summed E-state index contributed by atoms with van der Waals surface area (Å²) in [6.07, 6.45) is 1.71. The van der Waals surface area contributed by atoms with Gasteiger partial charge in [-0.2, -0.15) is 0 Å². The molecule has 2 aromatic rings. The Kier molecular flexibility index (Phi) is 7.59. The number of ether oxygens (including phenoxy) is 3. The Morgan fingerprint density at radius 2 is 1.88 bits per heavy atom. The maximum Gasteiger partial charge on any atom is 0.285 e. The zero-order valence-electron chi connectivity index (χ0n) is 15.2. The number of nitrogens with zero attached hydrogens (tertiary/aromatic N) is 1. The number of H-pyrrole nitrogens is 1. The first kappa shape index (κ1) is 19.9. The Balaban J connectivity index is 2.20. The van der Waals surface area contributed by atoms with Gasteiger partial charge < -0.3 is 19.5 Å². The van der Waals surface area contributed by atoms with Crippen LogP contribution in [0, 0.1) is 0 Å². The predicted molar refractivity (Wildman–Crippen MR) is 102 cm³/mol. The van der Waals surface area contributed by atoms with Crippen molar-refractivity contribution in [2.75, 3.05) is 25.6 Å². The molecule has 0 aliphatic carbocycles. The molecule has 0 amide bonds. The molecular weight excluding hydrogens is 358 g/mol. The van der Waals surface area contributed by atoms with Crippen LogP contribution in [-0.4, -0.2) is 30.5 Å². The Morgan fingerprint density at radius 1 is 1.15 bits per heavy atom. The highest BCUT2D eigenvalue weighted by Crippen LogP contribution is 2.30. The molecule has 2 rings (SSSR count). The van der Waals surface area contributed by atoms with Crippen molar-refractivity contribution in [2.24, 2.45) is 0 Å². The van der Waals surface area contributed by atoms with Crippen LogP contribution in [0.5, 0.6) is 17.4 Å². The van der Waals surface area contributed by atoms with Crippen molar-refractivity contribution in [2.45, 2.75) is 33.2 Å². The molecule has 1 aromatic heterocycles. The second-order valence-corrected chi connectivity index (χ2v) is 5.96. The topological polar surface area (TPSA) is 85.5 Å². The number of aromatic amines is 1. The van der Waals surface area contributed by atoms with E-state index in [1.54, 1.807) is 7.11 Å². The molecule has 1 aromatic carbocycles. The van der Waals surface area contributed by atoms with Gasteiger partial charge in [-0.15, -0.1) is 5.10 Å². The van der Waals surface area contributed by atoms with Crippen LogP contribution in [0.4, 0.5) is 5.69 Å². The first-order valence-electron chi connectivity index (χ1n) is 8.55. The molecule has 0 radical (unpaired) electrons. The fourth-order valence-electron chi connectivity index (χ4n) is 2.22. The van der Waals surface area contributed by atoms with Crippen LogP contribution in [0.2, 0.25) is 5.02 Å². The van der Waals surface area contributed by atoms with Gasteiger partial charge in [0, 0.05) is 6.54 Å². The second kappa shape index (κ2) is 9.91. The third-order valence-corrected chi connectivity index (χ3v) is 3.85. The predicted octanol–water partition coefficient (Wildman–Crippen LogP) is 3.62. The lowest BCUT2D eigenvalue weighted by Gasteiger charge is -2.14. The van der Waals surface area contributed by atoms with Gasteiger partial charge in [-0.1, -0.05) is 31.5 Å². The van der Waals surface area contributed by atoms with Gasteiger partial charge in [-0.05, 0) is 30.5 Å². The number of halogens is 1. The largest absolute Gasteiger partial charge is 0.493 e. The molecule has 0 bridgehead atoms. The molecule has 1 heterocycles. The van der Waals surface area contributed by atoms with Crippen molar-refractivity contribution < 1.29 is 14.2 Å². The summed E-state index contributed by atoms with van der Waals surface area (Å²) in [4.78, 5) is 11.8. The van der Waals surface area contributed by atoms with Gasteiger partial charge in [-0.3, -0.25) is 4.79 Å². The van der Waals surface area contributed by atoms with E-state index >= 15 is 0 Å². The van der Waals surface area contributed by atoms with Crippen LogP contribution >= 0.6 is 11.6 Å². The summed E-state index contributed by atoms with van der Waals surface area (Å²) < 4.78 is 16.6. The molecule has 142 valence electrons. The molecular formula is C18H24ClN3O4. The number of nitrogens with one attached hydrogen (secondary N) is 2. The number of benzene rings is 1. The van der Waals surface area contributed by atoms with Crippen LogP contribution in [-0.2, 0) is 6.54 Å². The van der Waals surface area contributed by atoms with Crippen LogP contribution in [0.25, 0.3) is 0 Å². The number of anilines is 1. The zero-order valence-corrected chi connectivity index (χ0v) is 16.0. The fraction of sp³-hybridized carbons (Fsp3) is 0.444. The van der Waals surface area contributed by atoms with Gasteiger partial charge in [0.25, 0.3) is 11.4 Å². The van der Waals surface area contributed by atoms with Crippen LogP contribution in [0.1, 0.15) is 32.3 Å². The van der Waals surface area contributed by atoms with Crippen molar-refractivity contribution in [3.8, 4) is 17.4 Å². The molecule has 0 atom stereocenters. The smallest absolute Gasteiger partial charge is 0.285 e. The minimum absolute atomic E-state index is 0.0158. The average molecular weight is 382 g/mol. The van der Waals surface area contributed by atoms with E-state index < -0.39 is 5.56 Å². The highest BCUT2D eigenvalue weighted by Gasteiger charge is 2.14. The summed E-state index contributed by atoms with van der Waals surface area (Å²) in [7, 11) is 1.60. The van der Waals surface area contributed by atoms with Crippen molar-refractivity contribution >= 4 is 17.3 Å². The SMILES string of the molecule is CCCOc1cc(CNc2c(OCCC)n[nH]c(=O)c2Cl)ccc1OC. The third kappa shape index (κ3) is 5.05. The lowest BCUT2D eigenvalue weighted by atomic mass is 10.2. The van der Waals surface area contributed by atoms with E-state index in [1.165, 1.54) is 0 Å². The van der Waals surface area contributed by atoms with E-state index in [1.807, 2.05) is 32.0 Å². The van der Waals surface area contributed by atoms with Gasteiger partial charge in [0.1, 0.15) is 10.7 Å². The molecule has 0 saturated heterocycles. The third-order valence-electron chi connectivity index (χ3n) is 3.49. The van der Waals surface area contributed by atoms with Crippen LogP contribution in [0.3, 0.4) is 0 Å². The van der Waals surface area contributed by atoms with Gasteiger partial charge >= 0.3 is 0 Å². The maximum atomic E-state index is 11.8. The van der Waals surface area contributed by atoms with Crippen LogP contribution < -0.4 is 25.1 Å². The minimum atomic E-state index is -0.472. The highest BCUT2D eigenvalue weighted by molar-refractivity contribution is 6.33. The van der Waals surface area contributed by atoms with E-state index in [-0.39, 0.29) is 10.9 Å². The van der Waals surface area contributed by atoms with Crippen LogP contribution in [0.15, 0.2) is 23.0 Å². The number of hydrogen-bond donors (Lipinski definition) is 2. The molecule has 7 nitrogen and oxygen atoms in total. The Bertz CT molecular complexity index is 780. The molecule has 26 heavy (non-hydrogen) atoms. The summed E-state index contributed by atoms with van der Waals surface area (Å²) in [5.74, 6) is 1.61. The summed E-state index contributed by atoms with van der Waals surface area (Å²) in [6, 6.07) is 5.64. The van der Waals surface area contributed by atoms with Gasteiger partial charge in [0.15, 0.2) is 11.5 Å². The van der Waals surface area contributed by atoms with E-state index in [2.05, 4.69) is 15.5 Å². The lowest BCUT2D eigenvalue weighted by molar-refractivity contribution is 0.294. The second-order valence-electron chi connectivity index (χ2n) is 5.58. The monoisotopic (exact) mass is 381 g/mol. The normalized spacial score (nSPS) is 10.5. The van der Waals surface area contributed by atoms with E-state index in [0.29, 0.717) is 36.9 Å². The molecule has 8 heteroatoms. The van der Waals surface area contributed by atoms with Crippen molar-refractivity contribution in [1.82, 2.24) is 10.2 Å². The van der Waals surface area contributed by atoms with E-state index in [4.69, 9.17) is 25.8 Å². The average Bonchev–Trinajstić information content (AvgIpc) is 2.66. The Hall–Kier alpha value is -2.41. The highest BCUT2D eigenvalue weighted by atomic mass is 35.5. The quantitative estimate of drug-likeness (QED) is 0.653. The summed E-state index contributed by atoms with van der Waals surface area (Å²) in [5.41, 5.74) is 0.838. The number of hydrogen-bond acceptors (Lipinski definition) is 6. The van der Waals surface area contributed by atoms with Gasteiger partial charge in [-0.25, -0.2) is 5.10 Å². The van der Waals surface area contributed by atoms with Crippen molar-refractivity contribution in [1.29, 1.82) is 0 Å².